The van der Waals surface area contributed by atoms with E-state index in [9.17, 15) is 4.79 Å². The average molecular weight is 506 g/mol. The van der Waals surface area contributed by atoms with Gasteiger partial charge in [0.1, 0.15) is 0 Å². The molecule has 1 aromatic heterocycles. The van der Waals surface area contributed by atoms with Crippen molar-refractivity contribution in [3.63, 3.8) is 0 Å². The number of hydrogen-bond donors (Lipinski definition) is 1. The molecule has 1 amide bonds. The maximum absolute atomic E-state index is 13.3. The van der Waals surface area contributed by atoms with Crippen LogP contribution in [0.3, 0.4) is 0 Å². The highest BCUT2D eigenvalue weighted by atomic mass is 16.2. The summed E-state index contributed by atoms with van der Waals surface area (Å²) in [5.41, 5.74) is 11.8. The Kier molecular flexibility index (Phi) is 8.79. The Balaban J connectivity index is 1.39. The summed E-state index contributed by atoms with van der Waals surface area (Å²) in [6.07, 6.45) is 3.78. The molecule has 0 spiro atoms. The van der Waals surface area contributed by atoms with Gasteiger partial charge in [-0.1, -0.05) is 31.5 Å². The third-order valence-corrected chi connectivity index (χ3v) is 8.11. The van der Waals surface area contributed by atoms with Crippen molar-refractivity contribution in [3.05, 3.63) is 41.1 Å². The zero-order chi connectivity index (χ0) is 26.5. The van der Waals surface area contributed by atoms with E-state index in [1.165, 1.54) is 5.56 Å². The van der Waals surface area contributed by atoms with Crippen molar-refractivity contribution < 1.29 is 4.79 Å². The first-order valence-electron chi connectivity index (χ1n) is 13.8. The lowest BCUT2D eigenvalue weighted by atomic mass is 9.93. The highest BCUT2D eigenvalue weighted by Crippen LogP contribution is 2.31. The van der Waals surface area contributed by atoms with E-state index in [-0.39, 0.29) is 5.92 Å². The maximum atomic E-state index is 13.3. The molecule has 2 N–H and O–H groups in total. The molecule has 3 heterocycles. The standard InChI is InChI=1S/C29H43N7O/c1-6-34(7-2)25-14-18-36(19-15-25)29(37)23-12-16-35(17-13-23)28-27(30)26(22(5)32-33-28)21(4)31-24-10-8-20(3)9-11-24/h8-11,23,25H,6-7,12-19H2,1-5H3,(H2,30,32). The minimum atomic E-state index is 0.0743. The van der Waals surface area contributed by atoms with E-state index in [2.05, 4.69) is 57.8 Å². The summed E-state index contributed by atoms with van der Waals surface area (Å²) in [5, 5.41) is 8.88. The van der Waals surface area contributed by atoms with Crippen LogP contribution in [0.2, 0.25) is 0 Å². The van der Waals surface area contributed by atoms with Crippen LogP contribution in [0.4, 0.5) is 17.2 Å². The number of hydrogen-bond acceptors (Lipinski definition) is 7. The number of piperidine rings is 2. The lowest BCUT2D eigenvalue weighted by Crippen LogP contribution is -2.49. The van der Waals surface area contributed by atoms with E-state index in [1.807, 2.05) is 26.0 Å². The monoisotopic (exact) mass is 505 g/mol. The molecule has 0 unspecified atom stereocenters. The van der Waals surface area contributed by atoms with E-state index in [0.717, 1.165) is 87.6 Å². The van der Waals surface area contributed by atoms with Crippen molar-refractivity contribution in [3.8, 4) is 0 Å². The molecule has 0 bridgehead atoms. The van der Waals surface area contributed by atoms with E-state index in [0.29, 0.717) is 23.5 Å². The van der Waals surface area contributed by atoms with Gasteiger partial charge in [0, 0.05) is 49.4 Å². The molecule has 2 aromatic rings. The first-order chi connectivity index (χ1) is 17.8. The smallest absolute Gasteiger partial charge is 0.225 e. The summed E-state index contributed by atoms with van der Waals surface area (Å²) in [5.74, 6) is 1.09. The predicted molar refractivity (Wildman–Crippen MR) is 152 cm³/mol. The first kappa shape index (κ1) is 27.0. The van der Waals surface area contributed by atoms with Crippen molar-refractivity contribution in [2.45, 2.75) is 66.3 Å². The van der Waals surface area contributed by atoms with E-state index < -0.39 is 0 Å². The van der Waals surface area contributed by atoms with Crippen LogP contribution < -0.4 is 10.6 Å². The van der Waals surface area contributed by atoms with Gasteiger partial charge < -0.3 is 20.4 Å². The Labute approximate surface area is 221 Å². The van der Waals surface area contributed by atoms with Gasteiger partial charge in [-0.25, -0.2) is 0 Å². The molecule has 0 radical (unpaired) electrons. The zero-order valence-electron chi connectivity index (χ0n) is 23.2. The van der Waals surface area contributed by atoms with Crippen LogP contribution in [-0.2, 0) is 4.79 Å². The quantitative estimate of drug-likeness (QED) is 0.562. The fourth-order valence-corrected chi connectivity index (χ4v) is 5.88. The number of aliphatic imine (C=N–C) groups is 1. The molecule has 2 aliphatic rings. The molecule has 1 aromatic carbocycles. The van der Waals surface area contributed by atoms with Crippen LogP contribution >= 0.6 is 0 Å². The van der Waals surface area contributed by atoms with Gasteiger partial charge in [-0.15, -0.1) is 5.10 Å². The summed E-state index contributed by atoms with van der Waals surface area (Å²) >= 11 is 0. The third-order valence-electron chi connectivity index (χ3n) is 8.11. The normalized spacial score (nSPS) is 18.1. The van der Waals surface area contributed by atoms with Gasteiger partial charge in [0.15, 0.2) is 5.82 Å². The largest absolute Gasteiger partial charge is 0.395 e. The van der Waals surface area contributed by atoms with E-state index in [1.54, 1.807) is 0 Å². The Morgan fingerprint density at radius 3 is 2.22 bits per heavy atom. The molecule has 8 nitrogen and oxygen atoms in total. The van der Waals surface area contributed by atoms with Crippen molar-refractivity contribution in [1.82, 2.24) is 20.0 Å². The first-order valence-corrected chi connectivity index (χ1v) is 13.8. The highest BCUT2D eigenvalue weighted by Gasteiger charge is 2.33. The Hall–Kier alpha value is -3.00. The van der Waals surface area contributed by atoms with Crippen molar-refractivity contribution in [2.24, 2.45) is 10.9 Å². The molecular formula is C29H43N7O. The molecule has 37 heavy (non-hydrogen) atoms. The summed E-state index contributed by atoms with van der Waals surface area (Å²) in [7, 11) is 0. The second kappa shape index (κ2) is 12.0. The van der Waals surface area contributed by atoms with Crippen LogP contribution in [-0.4, -0.2) is 76.9 Å². The van der Waals surface area contributed by atoms with Gasteiger partial charge in [-0.3, -0.25) is 9.79 Å². The van der Waals surface area contributed by atoms with Gasteiger partial charge in [-0.2, -0.15) is 5.10 Å². The Morgan fingerprint density at radius 2 is 1.62 bits per heavy atom. The molecule has 2 fully saturated rings. The number of nitrogens with two attached hydrogens (primary N) is 1. The predicted octanol–water partition coefficient (Wildman–Crippen LogP) is 4.37. The topological polar surface area (TPSA) is 91.0 Å². The van der Waals surface area contributed by atoms with E-state index in [4.69, 9.17) is 10.7 Å². The van der Waals surface area contributed by atoms with Gasteiger partial charge in [-0.05, 0) is 71.7 Å². The molecule has 2 aliphatic heterocycles. The number of anilines is 2. The number of nitrogen functional groups attached to an aromatic ring is 1. The van der Waals surface area contributed by atoms with Crippen molar-refractivity contribution >= 4 is 28.8 Å². The molecule has 0 atom stereocenters. The molecular weight excluding hydrogens is 462 g/mol. The minimum absolute atomic E-state index is 0.0743. The molecule has 200 valence electrons. The van der Waals surface area contributed by atoms with Gasteiger partial charge >= 0.3 is 0 Å². The number of likely N-dealkylation sites (tertiary alicyclic amines) is 1. The number of carbonyl (C=O) groups is 1. The Morgan fingerprint density at radius 1 is 1.00 bits per heavy atom. The second-order valence-electron chi connectivity index (χ2n) is 10.5. The molecule has 8 heteroatoms. The van der Waals surface area contributed by atoms with Crippen LogP contribution in [0, 0.1) is 19.8 Å². The average Bonchev–Trinajstić information content (AvgIpc) is 2.91. The lowest BCUT2D eigenvalue weighted by molar-refractivity contribution is -0.137. The Bertz CT molecular complexity index is 1090. The zero-order valence-corrected chi connectivity index (χ0v) is 23.2. The number of nitrogens with zero attached hydrogens (tertiary/aromatic N) is 6. The summed E-state index contributed by atoms with van der Waals surface area (Å²) in [6, 6.07) is 8.73. The lowest BCUT2D eigenvalue weighted by Gasteiger charge is -2.40. The van der Waals surface area contributed by atoms with Crippen LogP contribution in [0.25, 0.3) is 0 Å². The summed E-state index contributed by atoms with van der Waals surface area (Å²) < 4.78 is 0. The van der Waals surface area contributed by atoms with Gasteiger partial charge in [0.05, 0.1) is 17.1 Å². The molecule has 0 saturated carbocycles. The van der Waals surface area contributed by atoms with Crippen molar-refractivity contribution in [2.75, 3.05) is 49.9 Å². The molecule has 4 rings (SSSR count). The number of benzene rings is 1. The SMILES string of the molecule is CCN(CC)C1CCN(C(=O)C2CCN(c3nnc(C)c(C(C)=Nc4ccc(C)cc4)c3N)CC2)CC1. The highest BCUT2D eigenvalue weighted by molar-refractivity contribution is 6.06. The van der Waals surface area contributed by atoms with Crippen LogP contribution in [0.1, 0.15) is 63.3 Å². The van der Waals surface area contributed by atoms with Crippen LogP contribution in [0.15, 0.2) is 29.3 Å². The number of amides is 1. The number of aryl methyl sites for hydroxylation is 2. The second-order valence-corrected chi connectivity index (χ2v) is 10.5. The van der Waals surface area contributed by atoms with E-state index >= 15 is 0 Å². The van der Waals surface area contributed by atoms with Crippen molar-refractivity contribution in [1.29, 1.82) is 0 Å². The summed E-state index contributed by atoms with van der Waals surface area (Å²) in [4.78, 5) is 24.9. The van der Waals surface area contributed by atoms with Crippen LogP contribution in [0.5, 0.6) is 0 Å². The molecule has 2 saturated heterocycles. The fraction of sp³-hybridized carbons (Fsp3) is 0.586. The van der Waals surface area contributed by atoms with Gasteiger partial charge in [0.2, 0.25) is 5.91 Å². The molecule has 0 aliphatic carbocycles. The minimum Gasteiger partial charge on any atom is -0.395 e. The van der Waals surface area contributed by atoms with Gasteiger partial charge in [0.25, 0.3) is 0 Å². The number of rotatable bonds is 7. The number of aromatic nitrogens is 2. The fourth-order valence-electron chi connectivity index (χ4n) is 5.88. The number of carbonyl (C=O) groups excluding carboxylic acids is 1. The summed E-state index contributed by atoms with van der Waals surface area (Å²) in [6.45, 7) is 15.8. The third kappa shape index (κ3) is 6.12. The maximum Gasteiger partial charge on any atom is 0.225 e.